The van der Waals surface area contributed by atoms with Gasteiger partial charge in [0.05, 0.1) is 0 Å². The van der Waals surface area contributed by atoms with Crippen LogP contribution in [0.3, 0.4) is 0 Å². The minimum Gasteiger partial charge on any atom is -0.480 e. The number of aliphatic carboxylic acids is 1. The third kappa shape index (κ3) is 2.40. The third-order valence-electron chi connectivity index (χ3n) is 4.71. The molecular formula is C15H21NO2S2. The number of hydrogen-bond donors (Lipinski definition) is 1. The lowest BCUT2D eigenvalue weighted by Crippen LogP contribution is -2.54. The number of carboxylic acids is 1. The van der Waals surface area contributed by atoms with Crippen molar-refractivity contribution in [2.75, 3.05) is 18.1 Å². The highest BCUT2D eigenvalue weighted by atomic mass is 32.2. The number of nitrogens with zero attached hydrogens (tertiary/aromatic N) is 1. The Balaban J connectivity index is 1.95. The normalized spacial score (nSPS) is 29.9. The average Bonchev–Trinajstić information content (AvgIpc) is 2.85. The van der Waals surface area contributed by atoms with Gasteiger partial charge in [-0.1, -0.05) is 13.8 Å². The van der Waals surface area contributed by atoms with Crippen LogP contribution < -0.4 is 0 Å². The minimum atomic E-state index is -0.698. The number of hydrogen-bond acceptors (Lipinski definition) is 4. The van der Waals surface area contributed by atoms with Crippen molar-refractivity contribution < 1.29 is 9.90 Å². The molecule has 1 fully saturated rings. The molecular weight excluding hydrogens is 290 g/mol. The molecule has 0 aromatic carbocycles. The molecule has 2 aliphatic heterocycles. The zero-order valence-electron chi connectivity index (χ0n) is 12.0. The molecule has 3 rings (SSSR count). The first kappa shape index (κ1) is 14.4. The van der Waals surface area contributed by atoms with Crippen molar-refractivity contribution in [3.05, 3.63) is 21.9 Å². The monoisotopic (exact) mass is 311 g/mol. The van der Waals surface area contributed by atoms with E-state index in [9.17, 15) is 9.90 Å². The van der Waals surface area contributed by atoms with Crippen LogP contribution in [0.2, 0.25) is 0 Å². The lowest BCUT2D eigenvalue weighted by atomic mass is 9.79. The average molecular weight is 311 g/mol. The summed E-state index contributed by atoms with van der Waals surface area (Å²) in [6, 6.07) is 1.91. The molecule has 20 heavy (non-hydrogen) atoms. The molecule has 0 aliphatic carbocycles. The smallest absolute Gasteiger partial charge is 0.325 e. The van der Waals surface area contributed by atoms with E-state index in [4.69, 9.17) is 0 Å². The van der Waals surface area contributed by atoms with Crippen molar-refractivity contribution in [1.82, 2.24) is 4.90 Å². The Morgan fingerprint density at radius 3 is 3.00 bits per heavy atom. The van der Waals surface area contributed by atoms with Crippen molar-refractivity contribution in [2.45, 2.75) is 38.8 Å². The van der Waals surface area contributed by atoms with Gasteiger partial charge in [0.2, 0.25) is 0 Å². The summed E-state index contributed by atoms with van der Waals surface area (Å²) in [5.41, 5.74) is 1.23. The second kappa shape index (κ2) is 5.35. The lowest BCUT2D eigenvalue weighted by molar-refractivity contribution is -0.146. The van der Waals surface area contributed by atoms with Crippen LogP contribution in [-0.4, -0.2) is 40.1 Å². The van der Waals surface area contributed by atoms with Gasteiger partial charge in [-0.15, -0.1) is 11.3 Å². The molecule has 0 bridgehead atoms. The third-order valence-corrected chi connectivity index (χ3v) is 6.75. The van der Waals surface area contributed by atoms with Gasteiger partial charge >= 0.3 is 5.97 Å². The van der Waals surface area contributed by atoms with Crippen LogP contribution in [0.25, 0.3) is 0 Å². The zero-order valence-corrected chi connectivity index (χ0v) is 13.6. The van der Waals surface area contributed by atoms with Gasteiger partial charge in [0.1, 0.15) is 6.04 Å². The van der Waals surface area contributed by atoms with Crippen LogP contribution in [0.4, 0.5) is 0 Å². The van der Waals surface area contributed by atoms with Gasteiger partial charge in [0, 0.05) is 23.2 Å². The standard InChI is InChI=1S/C15H21NO2S2/c1-15(2)5-8-19-9-12(15)16-6-3-11-10(4-7-20-11)13(16)14(17)18/h4,7,12-13H,3,5-6,8-9H2,1-2H3,(H,17,18). The molecule has 110 valence electrons. The van der Waals surface area contributed by atoms with Gasteiger partial charge in [0.15, 0.2) is 0 Å². The summed E-state index contributed by atoms with van der Waals surface area (Å²) in [7, 11) is 0. The summed E-state index contributed by atoms with van der Waals surface area (Å²) in [5, 5.41) is 11.8. The first-order valence-electron chi connectivity index (χ1n) is 7.13. The first-order valence-corrected chi connectivity index (χ1v) is 9.17. The molecule has 0 saturated carbocycles. The van der Waals surface area contributed by atoms with Gasteiger partial charge in [0.25, 0.3) is 0 Å². The molecule has 2 aliphatic rings. The van der Waals surface area contributed by atoms with Crippen molar-refractivity contribution >= 4 is 29.1 Å². The summed E-state index contributed by atoms with van der Waals surface area (Å²) in [6.07, 6.45) is 2.16. The summed E-state index contributed by atoms with van der Waals surface area (Å²) in [5.74, 6) is 1.55. The Morgan fingerprint density at radius 2 is 2.30 bits per heavy atom. The van der Waals surface area contributed by atoms with Crippen LogP contribution in [0.15, 0.2) is 11.4 Å². The minimum absolute atomic E-state index is 0.201. The van der Waals surface area contributed by atoms with Crippen molar-refractivity contribution in [1.29, 1.82) is 0 Å². The number of carboxylic acid groups (broad SMARTS) is 1. The Bertz CT molecular complexity index is 512. The molecule has 0 spiro atoms. The van der Waals surface area contributed by atoms with Crippen molar-refractivity contribution in [2.24, 2.45) is 5.41 Å². The fraction of sp³-hybridized carbons (Fsp3) is 0.667. The van der Waals surface area contributed by atoms with E-state index in [0.29, 0.717) is 6.04 Å². The highest BCUT2D eigenvalue weighted by molar-refractivity contribution is 7.99. The van der Waals surface area contributed by atoms with E-state index in [-0.39, 0.29) is 5.41 Å². The molecule has 1 aromatic rings. The molecule has 1 N–H and O–H groups in total. The zero-order chi connectivity index (χ0) is 14.3. The number of rotatable bonds is 2. The maximum atomic E-state index is 11.8. The highest BCUT2D eigenvalue weighted by Gasteiger charge is 2.44. The number of fused-ring (bicyclic) bond motifs is 1. The Hall–Kier alpha value is -0.520. The van der Waals surface area contributed by atoms with Gasteiger partial charge in [-0.2, -0.15) is 11.8 Å². The largest absolute Gasteiger partial charge is 0.480 e. The molecule has 5 heteroatoms. The number of thiophene rings is 1. The molecule has 1 aromatic heterocycles. The predicted octanol–water partition coefficient (Wildman–Crippen LogP) is 3.26. The Morgan fingerprint density at radius 1 is 1.50 bits per heavy atom. The fourth-order valence-electron chi connectivity index (χ4n) is 3.41. The summed E-state index contributed by atoms with van der Waals surface area (Å²) < 4.78 is 0. The van der Waals surface area contributed by atoms with Crippen LogP contribution in [0.1, 0.15) is 36.8 Å². The van der Waals surface area contributed by atoms with Gasteiger partial charge in [-0.05, 0) is 41.0 Å². The first-order chi connectivity index (χ1) is 9.50. The Kier molecular flexibility index (Phi) is 3.86. The molecule has 2 atom stereocenters. The lowest BCUT2D eigenvalue weighted by Gasteiger charge is -2.48. The van der Waals surface area contributed by atoms with Crippen LogP contribution in [-0.2, 0) is 11.2 Å². The van der Waals surface area contributed by atoms with Gasteiger partial charge in [-0.3, -0.25) is 9.69 Å². The number of thioether (sulfide) groups is 1. The van der Waals surface area contributed by atoms with Crippen LogP contribution in [0.5, 0.6) is 0 Å². The molecule has 0 radical (unpaired) electrons. The van der Waals surface area contributed by atoms with E-state index < -0.39 is 12.0 Å². The van der Waals surface area contributed by atoms with Gasteiger partial charge < -0.3 is 5.11 Å². The topological polar surface area (TPSA) is 40.5 Å². The van der Waals surface area contributed by atoms with E-state index in [0.717, 1.165) is 24.3 Å². The molecule has 3 heterocycles. The van der Waals surface area contributed by atoms with E-state index in [2.05, 4.69) is 18.7 Å². The van der Waals surface area contributed by atoms with Crippen molar-refractivity contribution in [3.8, 4) is 0 Å². The summed E-state index contributed by atoms with van der Waals surface area (Å²) in [4.78, 5) is 15.3. The van der Waals surface area contributed by atoms with E-state index in [1.165, 1.54) is 17.1 Å². The second-order valence-electron chi connectivity index (χ2n) is 6.36. The van der Waals surface area contributed by atoms with E-state index in [1.54, 1.807) is 11.3 Å². The predicted molar refractivity (Wildman–Crippen MR) is 84.6 cm³/mol. The van der Waals surface area contributed by atoms with Crippen LogP contribution in [0, 0.1) is 5.41 Å². The summed E-state index contributed by atoms with van der Waals surface area (Å²) >= 11 is 3.66. The Labute approximate surface area is 128 Å². The van der Waals surface area contributed by atoms with Crippen LogP contribution >= 0.6 is 23.1 Å². The van der Waals surface area contributed by atoms with E-state index >= 15 is 0 Å². The second-order valence-corrected chi connectivity index (χ2v) is 8.51. The molecule has 0 amide bonds. The molecule has 2 unspecified atom stereocenters. The SMILES string of the molecule is CC1(C)CCSCC1N1CCc2sccc2C1C(=O)O. The van der Waals surface area contributed by atoms with E-state index in [1.807, 2.05) is 23.2 Å². The quantitative estimate of drug-likeness (QED) is 0.910. The van der Waals surface area contributed by atoms with Crippen molar-refractivity contribution in [3.63, 3.8) is 0 Å². The number of carbonyl (C=O) groups is 1. The maximum Gasteiger partial charge on any atom is 0.325 e. The fourth-order valence-corrected chi connectivity index (χ4v) is 6.02. The molecule has 3 nitrogen and oxygen atoms in total. The summed E-state index contributed by atoms with van der Waals surface area (Å²) in [6.45, 7) is 5.46. The van der Waals surface area contributed by atoms with Gasteiger partial charge in [-0.25, -0.2) is 0 Å². The molecule has 1 saturated heterocycles. The maximum absolute atomic E-state index is 11.8. The highest BCUT2D eigenvalue weighted by Crippen LogP contribution is 2.43.